The molecule has 0 aliphatic heterocycles. The van der Waals surface area contributed by atoms with E-state index in [9.17, 15) is 0 Å². The van der Waals surface area contributed by atoms with Crippen molar-refractivity contribution in [3.63, 3.8) is 0 Å². The molecule has 270 valence electrons. The van der Waals surface area contributed by atoms with E-state index in [4.69, 9.17) is 0 Å². The summed E-state index contributed by atoms with van der Waals surface area (Å²) in [6.07, 6.45) is 2.33. The smallest absolute Gasteiger partial charge is 0.0777 e. The number of hydrogen-bond donors (Lipinski definition) is 0. The lowest BCUT2D eigenvalue weighted by molar-refractivity contribution is 1.12. The van der Waals surface area contributed by atoms with Crippen LogP contribution in [0.25, 0.3) is 49.6 Å². The van der Waals surface area contributed by atoms with E-state index in [0.717, 1.165) is 45.3 Å². The molecule has 3 heteroatoms. The molecule has 9 aromatic carbocycles. The number of hydrogen-bond acceptors (Lipinski definition) is 2. The van der Waals surface area contributed by atoms with Crippen molar-refractivity contribution < 1.29 is 0 Å². The number of nitrogens with zero attached hydrogens (tertiary/aromatic N) is 3. The molecule has 0 saturated heterocycles. The van der Waals surface area contributed by atoms with Crippen LogP contribution in [0.2, 0.25) is 0 Å². The van der Waals surface area contributed by atoms with E-state index < -0.39 is 0 Å². The normalized spacial score (nSPS) is 11.2. The van der Waals surface area contributed by atoms with Crippen molar-refractivity contribution in [2.24, 2.45) is 0 Å². The lowest BCUT2D eigenvalue weighted by Gasteiger charge is -2.29. The quantitative estimate of drug-likeness (QED) is 0.147. The highest BCUT2D eigenvalue weighted by molar-refractivity contribution is 6.10. The molecule has 57 heavy (non-hydrogen) atoms. The highest BCUT2D eigenvalue weighted by Crippen LogP contribution is 2.45. The summed E-state index contributed by atoms with van der Waals surface area (Å²) in [6.45, 7) is 0. The Bertz CT molecular complexity index is 2870. The van der Waals surface area contributed by atoms with Gasteiger partial charge in [0.2, 0.25) is 0 Å². The maximum atomic E-state index is 2.39. The molecule has 0 aliphatic carbocycles. The monoisotopic (exact) mass is 729 g/mol. The second-order valence-electron chi connectivity index (χ2n) is 14.2. The van der Waals surface area contributed by atoms with E-state index in [1.807, 2.05) is 0 Å². The van der Waals surface area contributed by atoms with Crippen molar-refractivity contribution in [2.45, 2.75) is 0 Å². The van der Waals surface area contributed by atoms with Crippen LogP contribution in [-0.4, -0.2) is 4.57 Å². The molecule has 0 radical (unpaired) electrons. The largest absolute Gasteiger partial charge is 0.314 e. The summed E-state index contributed by atoms with van der Waals surface area (Å²) < 4.78 is 2.38. The molecule has 10 aromatic rings. The highest BCUT2D eigenvalue weighted by atomic mass is 15.2. The zero-order chi connectivity index (χ0) is 38.0. The van der Waals surface area contributed by atoms with Crippen molar-refractivity contribution in [1.82, 2.24) is 4.57 Å². The summed E-state index contributed by atoms with van der Waals surface area (Å²) >= 11 is 0. The maximum absolute atomic E-state index is 2.39. The molecule has 0 fully saturated rings. The number of para-hydroxylation sites is 4. The molecule has 0 N–H and O–H groups in total. The number of benzene rings is 9. The number of fused-ring (bicyclic) bond motifs is 2. The van der Waals surface area contributed by atoms with Crippen molar-refractivity contribution in [2.75, 3.05) is 9.80 Å². The molecule has 0 unspecified atom stereocenters. The third-order valence-corrected chi connectivity index (χ3v) is 10.8. The molecule has 0 amide bonds. The van der Waals surface area contributed by atoms with Gasteiger partial charge >= 0.3 is 0 Å². The van der Waals surface area contributed by atoms with Crippen LogP contribution >= 0.6 is 0 Å². The topological polar surface area (TPSA) is 11.4 Å². The predicted molar refractivity (Wildman–Crippen MR) is 241 cm³/mol. The standard InChI is InChI=1S/C54H39N3/c1-5-17-40(18-6-1)41-31-33-43(34-32-41)55-39-52(50-28-15-20-42-19-13-14-27-49(42)50)51-29-16-30-53(54(51)55)57(46-25-11-4-12-26-46)48-37-35-47(36-38-48)56(44-21-7-2-8-22-44)45-23-9-3-10-24-45/h1-39H. The van der Waals surface area contributed by atoms with Gasteiger partial charge in [0, 0.05) is 51.3 Å². The lowest BCUT2D eigenvalue weighted by Crippen LogP contribution is -2.13. The van der Waals surface area contributed by atoms with Gasteiger partial charge < -0.3 is 14.4 Å². The van der Waals surface area contributed by atoms with Crippen LogP contribution in [0.3, 0.4) is 0 Å². The summed E-state index contributed by atoms with van der Waals surface area (Å²) in [5.74, 6) is 0. The highest BCUT2D eigenvalue weighted by Gasteiger charge is 2.22. The molecule has 10 rings (SSSR count). The summed E-state index contributed by atoms with van der Waals surface area (Å²) in [7, 11) is 0. The Morgan fingerprint density at radius 2 is 0.754 bits per heavy atom. The third-order valence-electron chi connectivity index (χ3n) is 10.8. The summed E-state index contributed by atoms with van der Waals surface area (Å²) in [4.78, 5) is 4.70. The van der Waals surface area contributed by atoms with Crippen LogP contribution < -0.4 is 9.80 Å². The van der Waals surface area contributed by atoms with Gasteiger partial charge in [-0.2, -0.15) is 0 Å². The summed E-state index contributed by atoms with van der Waals surface area (Å²) in [5, 5.41) is 3.65. The van der Waals surface area contributed by atoms with Crippen LogP contribution in [0.5, 0.6) is 0 Å². The van der Waals surface area contributed by atoms with Crippen molar-refractivity contribution in [3.8, 4) is 27.9 Å². The fourth-order valence-corrected chi connectivity index (χ4v) is 8.13. The van der Waals surface area contributed by atoms with Crippen LogP contribution in [-0.2, 0) is 0 Å². The van der Waals surface area contributed by atoms with Crippen LogP contribution in [0, 0.1) is 0 Å². The molecule has 1 heterocycles. The second kappa shape index (κ2) is 14.9. The average molecular weight is 730 g/mol. The Balaban J connectivity index is 1.17. The zero-order valence-electron chi connectivity index (χ0n) is 31.4. The number of aromatic nitrogens is 1. The van der Waals surface area contributed by atoms with Gasteiger partial charge in [0.15, 0.2) is 0 Å². The fourth-order valence-electron chi connectivity index (χ4n) is 8.13. The van der Waals surface area contributed by atoms with E-state index >= 15 is 0 Å². The van der Waals surface area contributed by atoms with Crippen LogP contribution in [0.1, 0.15) is 0 Å². The Labute approximate surface area is 333 Å². The summed E-state index contributed by atoms with van der Waals surface area (Å²) in [6, 6.07) is 82.4. The first-order valence-electron chi connectivity index (χ1n) is 19.4. The first-order chi connectivity index (χ1) is 28.3. The minimum absolute atomic E-state index is 1.07. The first kappa shape index (κ1) is 33.9. The van der Waals surface area contributed by atoms with E-state index in [2.05, 4.69) is 251 Å². The molecule has 0 saturated carbocycles. The molecule has 0 atom stereocenters. The maximum Gasteiger partial charge on any atom is 0.0777 e. The van der Waals surface area contributed by atoms with Gasteiger partial charge in [-0.1, -0.05) is 152 Å². The third kappa shape index (κ3) is 6.41. The molecular formula is C54H39N3. The zero-order valence-corrected chi connectivity index (χ0v) is 31.4. The second-order valence-corrected chi connectivity index (χ2v) is 14.2. The van der Waals surface area contributed by atoms with Crippen molar-refractivity contribution in [3.05, 3.63) is 237 Å². The summed E-state index contributed by atoms with van der Waals surface area (Å²) in [5.41, 5.74) is 13.6. The van der Waals surface area contributed by atoms with Gasteiger partial charge in [0.25, 0.3) is 0 Å². The van der Waals surface area contributed by atoms with Gasteiger partial charge in [-0.15, -0.1) is 0 Å². The van der Waals surface area contributed by atoms with Gasteiger partial charge in [0.1, 0.15) is 0 Å². The Morgan fingerprint density at radius 1 is 0.298 bits per heavy atom. The fraction of sp³-hybridized carbons (Fsp3) is 0. The van der Waals surface area contributed by atoms with Gasteiger partial charge in [-0.3, -0.25) is 0 Å². The SMILES string of the molecule is c1ccc(-c2ccc(-n3cc(-c4cccc5ccccc45)c4cccc(N(c5ccccc5)c5ccc(N(c6ccccc6)c6ccccc6)cc5)c43)cc2)cc1. The van der Waals surface area contributed by atoms with Gasteiger partial charge in [-0.25, -0.2) is 0 Å². The Morgan fingerprint density at radius 3 is 1.39 bits per heavy atom. The van der Waals surface area contributed by atoms with E-state index in [-0.39, 0.29) is 0 Å². The van der Waals surface area contributed by atoms with E-state index in [1.54, 1.807) is 0 Å². The van der Waals surface area contributed by atoms with Crippen molar-refractivity contribution in [1.29, 1.82) is 0 Å². The molecule has 0 aliphatic rings. The minimum Gasteiger partial charge on any atom is -0.314 e. The Kier molecular flexibility index (Phi) is 8.86. The van der Waals surface area contributed by atoms with Crippen LogP contribution in [0.4, 0.5) is 34.1 Å². The van der Waals surface area contributed by atoms with E-state index in [1.165, 1.54) is 38.4 Å². The number of rotatable bonds is 9. The number of anilines is 6. The van der Waals surface area contributed by atoms with Crippen molar-refractivity contribution >= 4 is 55.8 Å². The molecular weight excluding hydrogens is 691 g/mol. The molecule has 3 nitrogen and oxygen atoms in total. The first-order valence-corrected chi connectivity index (χ1v) is 19.4. The lowest BCUT2D eigenvalue weighted by atomic mass is 9.97. The molecule has 1 aromatic heterocycles. The average Bonchev–Trinajstić information content (AvgIpc) is 3.69. The van der Waals surface area contributed by atoms with Gasteiger partial charge in [0.05, 0.1) is 11.2 Å². The molecule has 0 bridgehead atoms. The van der Waals surface area contributed by atoms with Gasteiger partial charge in [-0.05, 0) is 106 Å². The minimum atomic E-state index is 1.07. The predicted octanol–water partition coefficient (Wildman–Crippen LogP) is 15.1. The van der Waals surface area contributed by atoms with E-state index in [0.29, 0.717) is 0 Å². The van der Waals surface area contributed by atoms with Crippen LogP contribution in [0.15, 0.2) is 237 Å². The Hall–Kier alpha value is -7.62. The molecule has 0 spiro atoms.